The third kappa shape index (κ3) is 4.01. The zero-order valence-corrected chi connectivity index (χ0v) is 11.5. The Morgan fingerprint density at radius 3 is 2.71 bits per heavy atom. The number of carboxylic acids is 1. The molecular formula is C13H11F3N2O2S. The molecule has 0 spiro atoms. The maximum Gasteiger partial charge on any atom is 0.416 e. The van der Waals surface area contributed by atoms with E-state index < -0.39 is 17.7 Å². The molecule has 1 heterocycles. The quantitative estimate of drug-likeness (QED) is 0.861. The van der Waals surface area contributed by atoms with Gasteiger partial charge >= 0.3 is 12.1 Å². The van der Waals surface area contributed by atoms with Gasteiger partial charge in [-0.2, -0.15) is 13.2 Å². The molecule has 1 aromatic carbocycles. The van der Waals surface area contributed by atoms with Crippen LogP contribution in [0.4, 0.5) is 13.2 Å². The number of aromatic nitrogens is 2. The Labute approximate surface area is 122 Å². The number of benzene rings is 1. The average molecular weight is 316 g/mol. The molecule has 0 saturated carbocycles. The van der Waals surface area contributed by atoms with E-state index in [0.717, 1.165) is 17.8 Å². The van der Waals surface area contributed by atoms with E-state index >= 15 is 0 Å². The van der Waals surface area contributed by atoms with Crippen molar-refractivity contribution in [1.82, 2.24) is 9.55 Å². The fraction of sp³-hybridized carbons (Fsp3) is 0.231. The Kier molecular flexibility index (Phi) is 4.56. The highest BCUT2D eigenvalue weighted by Gasteiger charge is 2.32. The van der Waals surface area contributed by atoms with Gasteiger partial charge < -0.3 is 9.67 Å². The lowest BCUT2D eigenvalue weighted by atomic mass is 10.1. The van der Waals surface area contributed by atoms with Crippen molar-refractivity contribution in [2.24, 2.45) is 0 Å². The van der Waals surface area contributed by atoms with Crippen LogP contribution in [0.15, 0.2) is 41.8 Å². The standard InChI is InChI=1S/C13H11F3N2O2S/c14-13(15,16)10-4-2-1-3-9(10)7-18-6-5-17-12(18)21-8-11(19)20/h1-6H,7-8H2,(H,19,20). The van der Waals surface area contributed by atoms with Gasteiger partial charge in [-0.3, -0.25) is 4.79 Å². The van der Waals surface area contributed by atoms with Crippen LogP contribution in [0, 0.1) is 0 Å². The lowest BCUT2D eigenvalue weighted by Crippen LogP contribution is -2.12. The summed E-state index contributed by atoms with van der Waals surface area (Å²) in [5, 5.41) is 9.01. The van der Waals surface area contributed by atoms with Crippen LogP contribution >= 0.6 is 11.8 Å². The number of imidazole rings is 1. The third-order valence-corrected chi connectivity index (χ3v) is 3.65. The molecule has 0 aliphatic carbocycles. The fourth-order valence-electron chi connectivity index (χ4n) is 1.80. The Balaban J connectivity index is 2.24. The molecule has 112 valence electrons. The van der Waals surface area contributed by atoms with Crippen molar-refractivity contribution in [2.45, 2.75) is 17.9 Å². The van der Waals surface area contributed by atoms with E-state index in [4.69, 9.17) is 5.11 Å². The molecule has 0 aliphatic heterocycles. The molecule has 1 N–H and O–H groups in total. The zero-order valence-electron chi connectivity index (χ0n) is 10.7. The maximum atomic E-state index is 12.9. The summed E-state index contributed by atoms with van der Waals surface area (Å²) >= 11 is 0.965. The Morgan fingerprint density at radius 1 is 1.33 bits per heavy atom. The largest absolute Gasteiger partial charge is 0.481 e. The first-order valence-corrected chi connectivity index (χ1v) is 6.87. The minimum atomic E-state index is -4.43. The van der Waals surface area contributed by atoms with Gasteiger partial charge in [-0.1, -0.05) is 30.0 Å². The van der Waals surface area contributed by atoms with Crippen LogP contribution in [0.1, 0.15) is 11.1 Å². The second-order valence-electron chi connectivity index (χ2n) is 4.18. The summed E-state index contributed by atoms with van der Waals surface area (Å²) in [6.45, 7) is -0.0162. The first-order chi connectivity index (χ1) is 9.88. The number of carbonyl (C=O) groups is 1. The van der Waals surface area contributed by atoms with Crippen LogP contribution in [0.3, 0.4) is 0 Å². The maximum absolute atomic E-state index is 12.9. The summed E-state index contributed by atoms with van der Waals surface area (Å²) in [5.41, 5.74) is -0.590. The second kappa shape index (κ2) is 6.21. The highest BCUT2D eigenvalue weighted by molar-refractivity contribution is 7.99. The van der Waals surface area contributed by atoms with Gasteiger partial charge in [-0.15, -0.1) is 0 Å². The number of alkyl halides is 3. The van der Waals surface area contributed by atoms with Crippen LogP contribution in [0.2, 0.25) is 0 Å². The second-order valence-corrected chi connectivity index (χ2v) is 5.12. The molecule has 8 heteroatoms. The van der Waals surface area contributed by atoms with Gasteiger partial charge in [0, 0.05) is 12.4 Å². The first kappa shape index (κ1) is 15.4. The van der Waals surface area contributed by atoms with Crippen molar-refractivity contribution in [3.05, 3.63) is 47.8 Å². The molecule has 0 fully saturated rings. The van der Waals surface area contributed by atoms with Crippen molar-refractivity contribution in [3.8, 4) is 0 Å². The SMILES string of the molecule is O=C(O)CSc1nccn1Cc1ccccc1C(F)(F)F. The van der Waals surface area contributed by atoms with E-state index in [1.54, 1.807) is 0 Å². The number of aliphatic carboxylic acids is 1. The van der Waals surface area contributed by atoms with Gasteiger partial charge in [0.15, 0.2) is 5.16 Å². The summed E-state index contributed by atoms with van der Waals surface area (Å²) in [5.74, 6) is -1.21. The Hall–Kier alpha value is -1.96. The summed E-state index contributed by atoms with van der Waals surface area (Å²) in [6.07, 6.45) is -1.47. The van der Waals surface area contributed by atoms with Crippen molar-refractivity contribution in [3.63, 3.8) is 0 Å². The smallest absolute Gasteiger partial charge is 0.416 e. The van der Waals surface area contributed by atoms with Gasteiger partial charge in [-0.25, -0.2) is 4.98 Å². The number of hydrogen-bond acceptors (Lipinski definition) is 3. The van der Waals surface area contributed by atoms with Gasteiger partial charge in [0.25, 0.3) is 0 Å². The highest BCUT2D eigenvalue weighted by atomic mass is 32.2. The molecule has 0 saturated heterocycles. The van der Waals surface area contributed by atoms with Crippen molar-refractivity contribution in [2.75, 3.05) is 5.75 Å². The van der Waals surface area contributed by atoms with Crippen molar-refractivity contribution < 1.29 is 23.1 Å². The molecule has 1 aromatic heterocycles. The van der Waals surface area contributed by atoms with E-state index in [1.807, 2.05) is 0 Å². The number of rotatable bonds is 5. The molecular weight excluding hydrogens is 305 g/mol. The number of nitrogens with zero attached hydrogens (tertiary/aromatic N) is 2. The monoisotopic (exact) mass is 316 g/mol. The topological polar surface area (TPSA) is 55.1 Å². The summed E-state index contributed by atoms with van der Waals surface area (Å²) in [6, 6.07) is 5.29. The van der Waals surface area contributed by atoms with Crippen LogP contribution < -0.4 is 0 Å². The first-order valence-electron chi connectivity index (χ1n) is 5.89. The van der Waals surface area contributed by atoms with E-state index in [0.29, 0.717) is 5.16 Å². The molecule has 0 bridgehead atoms. The van der Waals surface area contributed by atoms with Crippen molar-refractivity contribution >= 4 is 17.7 Å². The molecule has 21 heavy (non-hydrogen) atoms. The summed E-state index contributed by atoms with van der Waals surface area (Å²) in [7, 11) is 0. The molecule has 2 aromatic rings. The normalized spacial score (nSPS) is 11.6. The zero-order chi connectivity index (χ0) is 15.5. The molecule has 0 amide bonds. The number of hydrogen-bond donors (Lipinski definition) is 1. The number of halogens is 3. The summed E-state index contributed by atoms with van der Waals surface area (Å²) < 4.78 is 40.3. The van der Waals surface area contributed by atoms with Gasteiger partial charge in [0.2, 0.25) is 0 Å². The van der Waals surface area contributed by atoms with Gasteiger partial charge in [-0.05, 0) is 11.6 Å². The lowest BCUT2D eigenvalue weighted by molar-refractivity contribution is -0.138. The molecule has 0 aliphatic rings. The van der Waals surface area contributed by atoms with E-state index in [-0.39, 0.29) is 17.9 Å². The predicted molar refractivity (Wildman–Crippen MR) is 71.1 cm³/mol. The highest BCUT2D eigenvalue weighted by Crippen LogP contribution is 2.32. The number of carboxylic acid groups (broad SMARTS) is 1. The minimum absolute atomic E-state index is 0.0162. The third-order valence-electron chi connectivity index (χ3n) is 2.67. The molecule has 0 radical (unpaired) electrons. The van der Waals surface area contributed by atoms with E-state index in [2.05, 4.69) is 4.98 Å². The molecule has 0 unspecified atom stereocenters. The molecule has 2 rings (SSSR count). The fourth-order valence-corrected chi connectivity index (χ4v) is 2.48. The lowest BCUT2D eigenvalue weighted by Gasteiger charge is -2.14. The van der Waals surface area contributed by atoms with E-state index in [9.17, 15) is 18.0 Å². The van der Waals surface area contributed by atoms with Crippen LogP contribution in [-0.4, -0.2) is 26.4 Å². The molecule has 0 atom stereocenters. The number of thioether (sulfide) groups is 1. The van der Waals surface area contributed by atoms with Crippen LogP contribution in [0.25, 0.3) is 0 Å². The minimum Gasteiger partial charge on any atom is -0.481 e. The van der Waals surface area contributed by atoms with Gasteiger partial charge in [0.05, 0.1) is 17.9 Å². The Bertz CT molecular complexity index is 640. The predicted octanol–water partition coefficient (Wildman–Crippen LogP) is 3.13. The van der Waals surface area contributed by atoms with Gasteiger partial charge in [0.1, 0.15) is 0 Å². The van der Waals surface area contributed by atoms with Crippen LogP contribution in [-0.2, 0) is 17.5 Å². The van der Waals surface area contributed by atoms with Crippen molar-refractivity contribution in [1.29, 1.82) is 0 Å². The summed E-state index contributed by atoms with van der Waals surface area (Å²) in [4.78, 5) is 14.5. The van der Waals surface area contributed by atoms with Crippen LogP contribution in [0.5, 0.6) is 0 Å². The average Bonchev–Trinajstić information content (AvgIpc) is 2.83. The van der Waals surface area contributed by atoms with E-state index in [1.165, 1.54) is 35.2 Å². The molecule has 4 nitrogen and oxygen atoms in total. The Morgan fingerprint density at radius 2 is 2.05 bits per heavy atom.